The summed E-state index contributed by atoms with van der Waals surface area (Å²) in [6.45, 7) is 8.11. The maximum atomic E-state index is 13.2. The van der Waals surface area contributed by atoms with Gasteiger partial charge in [-0.3, -0.25) is 9.59 Å². The van der Waals surface area contributed by atoms with Crippen molar-refractivity contribution in [2.24, 2.45) is 17.8 Å². The molecule has 0 amide bonds. The van der Waals surface area contributed by atoms with Crippen LogP contribution in [0.1, 0.15) is 107 Å². The van der Waals surface area contributed by atoms with E-state index in [0.717, 1.165) is 65.9 Å². The number of ketones is 2. The summed E-state index contributed by atoms with van der Waals surface area (Å²) >= 11 is 0. The molecule has 0 radical (unpaired) electrons. The van der Waals surface area contributed by atoms with Crippen LogP contribution >= 0.6 is 0 Å². The van der Waals surface area contributed by atoms with E-state index in [0.29, 0.717) is 17.7 Å². The summed E-state index contributed by atoms with van der Waals surface area (Å²) in [5.41, 5.74) is 9.27. The maximum absolute atomic E-state index is 13.2. The number of aryl methyl sites for hydroxylation is 1. The van der Waals surface area contributed by atoms with E-state index in [1.165, 1.54) is 32.1 Å². The second-order valence-electron chi connectivity index (χ2n) is 12.0. The molecule has 2 N–H and O–H groups in total. The van der Waals surface area contributed by atoms with Crippen molar-refractivity contribution < 1.29 is 14.3 Å². The molecule has 1 aliphatic heterocycles. The third kappa shape index (κ3) is 7.03. The topological polar surface area (TPSA) is 69.4 Å². The number of nitrogens with two attached hydrogens (primary N) is 1. The van der Waals surface area contributed by atoms with E-state index in [1.807, 2.05) is 51.1 Å². The van der Waals surface area contributed by atoms with E-state index in [4.69, 9.17) is 10.5 Å². The summed E-state index contributed by atoms with van der Waals surface area (Å²) in [7, 11) is 0. The molecule has 0 saturated heterocycles. The van der Waals surface area contributed by atoms with Crippen molar-refractivity contribution in [2.75, 3.05) is 5.73 Å². The lowest BCUT2D eigenvalue weighted by molar-refractivity contribution is -0.124. The predicted molar refractivity (Wildman–Crippen MR) is 151 cm³/mol. The first-order valence-electron chi connectivity index (χ1n) is 14.3. The lowest BCUT2D eigenvalue weighted by Gasteiger charge is -2.44. The van der Waals surface area contributed by atoms with Gasteiger partial charge in [-0.05, 0) is 118 Å². The van der Waals surface area contributed by atoms with Gasteiger partial charge in [0.15, 0.2) is 11.6 Å². The van der Waals surface area contributed by atoms with E-state index >= 15 is 0 Å². The van der Waals surface area contributed by atoms with Gasteiger partial charge in [0.1, 0.15) is 5.60 Å². The third-order valence-corrected chi connectivity index (χ3v) is 9.10. The molecule has 1 heterocycles. The Balaban J connectivity index is 1.48. The smallest absolute Gasteiger partial charge is 0.167 e. The monoisotopic (exact) mass is 503 g/mol. The molecule has 1 aromatic rings. The van der Waals surface area contributed by atoms with Crippen LogP contribution in [-0.2, 0) is 9.53 Å². The molecule has 2 aliphatic carbocycles. The first-order valence-corrected chi connectivity index (χ1v) is 14.3. The molecule has 200 valence electrons. The Morgan fingerprint density at radius 3 is 2.30 bits per heavy atom. The molecular formula is C33H45NO3. The lowest BCUT2D eigenvalue weighted by atomic mass is 9.67. The minimum absolute atomic E-state index is 0.00755. The molecule has 2 saturated carbocycles. The highest BCUT2D eigenvalue weighted by Gasteiger charge is 2.41. The number of benzene rings is 1. The van der Waals surface area contributed by atoms with Gasteiger partial charge < -0.3 is 10.5 Å². The Morgan fingerprint density at radius 1 is 0.973 bits per heavy atom. The average molecular weight is 504 g/mol. The Labute approximate surface area is 223 Å². The quantitative estimate of drug-likeness (QED) is 0.326. The van der Waals surface area contributed by atoms with Crippen LogP contribution in [0.3, 0.4) is 0 Å². The number of ether oxygens (including phenoxy) is 1. The number of carbonyl (C=O) groups is 2. The van der Waals surface area contributed by atoms with Crippen molar-refractivity contribution in [3.8, 4) is 0 Å². The molecular weight excluding hydrogens is 458 g/mol. The van der Waals surface area contributed by atoms with Crippen molar-refractivity contribution in [3.63, 3.8) is 0 Å². The van der Waals surface area contributed by atoms with Crippen molar-refractivity contribution >= 4 is 17.3 Å². The van der Waals surface area contributed by atoms with Gasteiger partial charge in [0, 0.05) is 17.7 Å². The van der Waals surface area contributed by atoms with E-state index in [1.54, 1.807) is 6.07 Å². The van der Waals surface area contributed by atoms with Crippen LogP contribution in [0.25, 0.3) is 0 Å². The number of hydrogen-bond donors (Lipinski definition) is 1. The summed E-state index contributed by atoms with van der Waals surface area (Å²) in [6.07, 6.45) is 17.4. The Kier molecular flexibility index (Phi) is 8.77. The van der Waals surface area contributed by atoms with Gasteiger partial charge in [0.05, 0.1) is 12.2 Å². The molecule has 4 nitrogen and oxygen atoms in total. The van der Waals surface area contributed by atoms with Gasteiger partial charge in [0.2, 0.25) is 0 Å². The minimum Gasteiger partial charge on any atom is -0.491 e. The van der Waals surface area contributed by atoms with Crippen molar-refractivity contribution in [1.82, 2.24) is 0 Å². The zero-order valence-corrected chi connectivity index (χ0v) is 23.3. The van der Waals surface area contributed by atoms with Crippen LogP contribution in [-0.4, -0.2) is 17.2 Å². The van der Waals surface area contributed by atoms with Crippen LogP contribution in [0, 0.1) is 24.7 Å². The number of nitrogen functional groups attached to an aromatic ring is 1. The van der Waals surface area contributed by atoms with Crippen LogP contribution < -0.4 is 5.73 Å². The van der Waals surface area contributed by atoms with Gasteiger partial charge in [-0.2, -0.15) is 0 Å². The van der Waals surface area contributed by atoms with Crippen LogP contribution in [0.15, 0.2) is 53.3 Å². The Bertz CT molecular complexity index is 1070. The third-order valence-electron chi connectivity index (χ3n) is 9.10. The fourth-order valence-corrected chi connectivity index (χ4v) is 6.83. The standard InChI is InChI=1S/C33H45NO3/c1-5-25-8-10-27(11-9-25)28-12-14-33(15-13-28)21-32(36)23(3)6-7-26(18-24(4)37-33)19-31(35)29-16-22(2)17-30(34)20-29/h6-7,16-18,20,25,27-28H,5,8-15,19,21,34H2,1-4H3/b23-6+,24-18+,26-7+. The molecule has 2 fully saturated rings. The second kappa shape index (κ2) is 11.8. The van der Waals surface area contributed by atoms with Gasteiger partial charge in [-0.15, -0.1) is 0 Å². The van der Waals surface area contributed by atoms with Gasteiger partial charge >= 0.3 is 0 Å². The second-order valence-corrected chi connectivity index (χ2v) is 12.0. The number of rotatable bonds is 5. The molecule has 0 bridgehead atoms. The predicted octanol–water partition coefficient (Wildman–Crippen LogP) is 8.06. The Morgan fingerprint density at radius 2 is 1.65 bits per heavy atom. The fraction of sp³-hybridized carbons (Fsp3) is 0.576. The molecule has 4 heteroatoms. The number of Topliss-reactive ketones (excluding diaryl/α,β-unsaturated/α-hetero) is 2. The summed E-state index contributed by atoms with van der Waals surface area (Å²) < 4.78 is 6.64. The van der Waals surface area contributed by atoms with E-state index in [-0.39, 0.29) is 18.0 Å². The highest BCUT2D eigenvalue weighted by atomic mass is 16.5. The van der Waals surface area contributed by atoms with E-state index in [2.05, 4.69) is 6.92 Å². The molecule has 1 spiro atoms. The number of hydrogen-bond acceptors (Lipinski definition) is 4. The van der Waals surface area contributed by atoms with Crippen LogP contribution in [0.5, 0.6) is 0 Å². The molecule has 3 aliphatic rings. The molecule has 1 aromatic carbocycles. The number of anilines is 1. The van der Waals surface area contributed by atoms with Crippen molar-refractivity contribution in [3.05, 3.63) is 64.5 Å². The normalized spacial score (nSPS) is 33.4. The molecule has 37 heavy (non-hydrogen) atoms. The van der Waals surface area contributed by atoms with E-state index < -0.39 is 5.60 Å². The molecule has 0 aromatic heterocycles. The largest absolute Gasteiger partial charge is 0.491 e. The van der Waals surface area contributed by atoms with E-state index in [9.17, 15) is 9.59 Å². The molecule has 0 unspecified atom stereocenters. The SMILES string of the molecule is CCC1CCC(C2CCC3(CC2)CC(=O)/C(C)=C/C=C(CC(=O)c2cc(C)cc(N)c2)\C=C(/C)O3)CC1. The highest BCUT2D eigenvalue weighted by Crippen LogP contribution is 2.46. The van der Waals surface area contributed by atoms with Crippen molar-refractivity contribution in [1.29, 1.82) is 0 Å². The number of carbonyl (C=O) groups excluding carboxylic acids is 2. The maximum Gasteiger partial charge on any atom is 0.167 e. The summed E-state index contributed by atoms with van der Waals surface area (Å²) in [6, 6.07) is 5.47. The van der Waals surface area contributed by atoms with Gasteiger partial charge in [0.25, 0.3) is 0 Å². The zero-order valence-electron chi connectivity index (χ0n) is 23.3. The van der Waals surface area contributed by atoms with Crippen LogP contribution in [0.2, 0.25) is 0 Å². The first kappa shape index (κ1) is 27.4. The van der Waals surface area contributed by atoms with Gasteiger partial charge in [-0.1, -0.05) is 38.3 Å². The first-order chi connectivity index (χ1) is 17.7. The summed E-state index contributed by atoms with van der Waals surface area (Å²) in [5, 5.41) is 0. The van der Waals surface area contributed by atoms with Crippen molar-refractivity contribution in [2.45, 2.75) is 104 Å². The summed E-state index contributed by atoms with van der Waals surface area (Å²) in [5.74, 6) is 3.45. The van der Waals surface area contributed by atoms with Gasteiger partial charge in [-0.25, -0.2) is 0 Å². The molecule has 0 atom stereocenters. The highest BCUT2D eigenvalue weighted by molar-refractivity contribution is 5.99. The lowest BCUT2D eigenvalue weighted by Crippen LogP contribution is -2.41. The zero-order chi connectivity index (χ0) is 26.6. The summed E-state index contributed by atoms with van der Waals surface area (Å²) in [4.78, 5) is 26.3. The Hall–Kier alpha value is -2.62. The minimum atomic E-state index is -0.443. The number of allylic oxidation sites excluding steroid dienone is 6. The molecule has 4 rings (SSSR count). The van der Waals surface area contributed by atoms with Crippen LogP contribution in [0.4, 0.5) is 5.69 Å². The fourth-order valence-electron chi connectivity index (χ4n) is 6.83. The average Bonchev–Trinajstić information content (AvgIpc) is 2.86.